The predicted octanol–water partition coefficient (Wildman–Crippen LogP) is 3.12. The van der Waals surface area contributed by atoms with E-state index in [9.17, 15) is 5.11 Å². The first-order chi connectivity index (χ1) is 10.1. The van der Waals surface area contributed by atoms with Gasteiger partial charge in [0, 0.05) is 24.3 Å². The van der Waals surface area contributed by atoms with Crippen LogP contribution in [0.5, 0.6) is 11.5 Å². The number of aliphatic hydroxyl groups is 1. The molecule has 1 aromatic rings. The normalized spacial score (nSPS) is 18.5. The molecule has 2 atom stereocenters. The standard InChI is InChI=1S/C16H24ClNO3/c1-11(10-19)16(18-6-4-5-7-18)12-8-13(17)15(21-3)9-14(12)20-2/h8-9,11,16,19H,4-7,10H2,1-3H3. The monoisotopic (exact) mass is 313 g/mol. The van der Waals surface area contributed by atoms with Crippen LogP contribution in [-0.4, -0.2) is 43.9 Å². The highest BCUT2D eigenvalue weighted by molar-refractivity contribution is 6.32. The Balaban J connectivity index is 2.45. The quantitative estimate of drug-likeness (QED) is 0.876. The molecular weight excluding hydrogens is 290 g/mol. The lowest BCUT2D eigenvalue weighted by Crippen LogP contribution is -2.32. The van der Waals surface area contributed by atoms with E-state index in [0.29, 0.717) is 10.8 Å². The van der Waals surface area contributed by atoms with Gasteiger partial charge in [0.1, 0.15) is 11.5 Å². The Morgan fingerprint density at radius 2 is 1.81 bits per heavy atom. The number of benzene rings is 1. The zero-order chi connectivity index (χ0) is 15.4. The van der Waals surface area contributed by atoms with Crippen molar-refractivity contribution in [2.24, 2.45) is 5.92 Å². The summed E-state index contributed by atoms with van der Waals surface area (Å²) < 4.78 is 10.8. The van der Waals surface area contributed by atoms with Crippen LogP contribution in [-0.2, 0) is 0 Å². The molecule has 1 heterocycles. The number of hydrogen-bond donors (Lipinski definition) is 1. The molecule has 1 N–H and O–H groups in total. The molecule has 1 aromatic carbocycles. The van der Waals surface area contributed by atoms with Crippen molar-refractivity contribution >= 4 is 11.6 Å². The van der Waals surface area contributed by atoms with Gasteiger partial charge in [0.2, 0.25) is 0 Å². The van der Waals surface area contributed by atoms with E-state index in [1.807, 2.05) is 12.1 Å². The molecule has 0 aromatic heterocycles. The molecule has 0 amide bonds. The highest BCUT2D eigenvalue weighted by atomic mass is 35.5. The van der Waals surface area contributed by atoms with Crippen LogP contribution in [0.3, 0.4) is 0 Å². The highest BCUT2D eigenvalue weighted by Crippen LogP contribution is 2.41. The van der Waals surface area contributed by atoms with Crippen LogP contribution in [0.15, 0.2) is 12.1 Å². The smallest absolute Gasteiger partial charge is 0.141 e. The molecule has 4 nitrogen and oxygen atoms in total. The van der Waals surface area contributed by atoms with Crippen molar-refractivity contribution in [1.29, 1.82) is 0 Å². The van der Waals surface area contributed by atoms with Crippen LogP contribution in [0.25, 0.3) is 0 Å². The van der Waals surface area contributed by atoms with Gasteiger partial charge in [-0.15, -0.1) is 0 Å². The maximum atomic E-state index is 9.64. The van der Waals surface area contributed by atoms with E-state index in [2.05, 4.69) is 11.8 Å². The second-order valence-corrected chi connectivity index (χ2v) is 5.98. The van der Waals surface area contributed by atoms with Crippen molar-refractivity contribution in [2.75, 3.05) is 33.9 Å². The van der Waals surface area contributed by atoms with E-state index in [0.717, 1.165) is 24.4 Å². The third kappa shape index (κ3) is 3.44. The highest BCUT2D eigenvalue weighted by Gasteiger charge is 2.31. The first-order valence-corrected chi connectivity index (χ1v) is 7.76. The maximum Gasteiger partial charge on any atom is 0.141 e. The lowest BCUT2D eigenvalue weighted by atomic mass is 9.92. The third-order valence-electron chi connectivity index (χ3n) is 4.18. The van der Waals surface area contributed by atoms with Crippen molar-refractivity contribution in [3.8, 4) is 11.5 Å². The second kappa shape index (κ2) is 7.34. The van der Waals surface area contributed by atoms with E-state index in [4.69, 9.17) is 21.1 Å². The van der Waals surface area contributed by atoms with E-state index >= 15 is 0 Å². The van der Waals surface area contributed by atoms with Gasteiger partial charge in [0.15, 0.2) is 0 Å². The number of hydrogen-bond acceptors (Lipinski definition) is 4. The fourth-order valence-electron chi connectivity index (χ4n) is 3.10. The van der Waals surface area contributed by atoms with Crippen LogP contribution in [0.4, 0.5) is 0 Å². The molecule has 0 aliphatic carbocycles. The summed E-state index contributed by atoms with van der Waals surface area (Å²) in [5, 5.41) is 10.2. The number of halogens is 1. The van der Waals surface area contributed by atoms with Gasteiger partial charge in [-0.1, -0.05) is 18.5 Å². The Bertz CT molecular complexity index is 475. The molecule has 21 heavy (non-hydrogen) atoms. The van der Waals surface area contributed by atoms with Crippen LogP contribution < -0.4 is 9.47 Å². The lowest BCUT2D eigenvalue weighted by Gasteiger charge is -2.33. The van der Waals surface area contributed by atoms with Crippen LogP contribution >= 0.6 is 11.6 Å². The molecule has 1 saturated heterocycles. The Morgan fingerprint density at radius 1 is 1.19 bits per heavy atom. The molecule has 2 unspecified atom stereocenters. The van der Waals surface area contributed by atoms with Gasteiger partial charge < -0.3 is 14.6 Å². The zero-order valence-electron chi connectivity index (χ0n) is 12.9. The molecular formula is C16H24ClNO3. The van der Waals surface area contributed by atoms with E-state index < -0.39 is 0 Å². The number of rotatable bonds is 6. The Kier molecular flexibility index (Phi) is 5.73. The zero-order valence-corrected chi connectivity index (χ0v) is 13.7. The summed E-state index contributed by atoms with van der Waals surface area (Å²) in [6, 6.07) is 3.84. The number of ether oxygens (including phenoxy) is 2. The number of aliphatic hydroxyl groups excluding tert-OH is 1. The SMILES string of the molecule is COc1cc(OC)c(C(C(C)CO)N2CCCC2)cc1Cl. The molecule has 0 spiro atoms. The second-order valence-electron chi connectivity index (χ2n) is 5.58. The molecule has 2 rings (SSSR count). The van der Waals surface area contributed by atoms with E-state index in [1.54, 1.807) is 14.2 Å². The number of nitrogens with zero attached hydrogens (tertiary/aromatic N) is 1. The fraction of sp³-hybridized carbons (Fsp3) is 0.625. The van der Waals surface area contributed by atoms with Gasteiger partial charge in [-0.05, 0) is 37.9 Å². The average Bonchev–Trinajstić information content (AvgIpc) is 3.01. The first kappa shape index (κ1) is 16.4. The first-order valence-electron chi connectivity index (χ1n) is 7.38. The van der Waals surface area contributed by atoms with Crippen molar-refractivity contribution < 1.29 is 14.6 Å². The van der Waals surface area contributed by atoms with Crippen molar-refractivity contribution in [3.63, 3.8) is 0 Å². The molecule has 0 bridgehead atoms. The van der Waals surface area contributed by atoms with Gasteiger partial charge in [-0.3, -0.25) is 4.90 Å². The summed E-state index contributed by atoms with van der Waals surface area (Å²) in [6.45, 7) is 4.28. The topological polar surface area (TPSA) is 41.9 Å². The predicted molar refractivity (Wildman–Crippen MR) is 84.4 cm³/mol. The minimum Gasteiger partial charge on any atom is -0.496 e. The van der Waals surface area contributed by atoms with Crippen molar-refractivity contribution in [1.82, 2.24) is 4.90 Å². The Hall–Kier alpha value is -0.970. The molecule has 1 aliphatic rings. The number of methoxy groups -OCH3 is 2. The Morgan fingerprint density at radius 3 is 2.33 bits per heavy atom. The van der Waals surface area contributed by atoms with Gasteiger partial charge in [-0.2, -0.15) is 0 Å². The molecule has 1 fully saturated rings. The summed E-state index contributed by atoms with van der Waals surface area (Å²) >= 11 is 6.30. The molecule has 0 radical (unpaired) electrons. The number of likely N-dealkylation sites (tertiary alicyclic amines) is 1. The average molecular weight is 314 g/mol. The maximum absolute atomic E-state index is 9.64. The summed E-state index contributed by atoms with van der Waals surface area (Å²) in [5.41, 5.74) is 1.02. The largest absolute Gasteiger partial charge is 0.496 e. The minimum atomic E-state index is 0.107. The van der Waals surface area contributed by atoms with Crippen LogP contribution in [0.2, 0.25) is 5.02 Å². The summed E-state index contributed by atoms with van der Waals surface area (Å²) in [5.74, 6) is 1.48. The molecule has 1 aliphatic heterocycles. The van der Waals surface area contributed by atoms with Crippen LogP contribution in [0.1, 0.15) is 31.4 Å². The third-order valence-corrected chi connectivity index (χ3v) is 4.48. The van der Waals surface area contributed by atoms with Gasteiger partial charge in [-0.25, -0.2) is 0 Å². The molecule has 0 saturated carbocycles. The summed E-state index contributed by atoms with van der Waals surface area (Å²) in [6.07, 6.45) is 2.39. The van der Waals surface area contributed by atoms with E-state index in [1.165, 1.54) is 12.8 Å². The van der Waals surface area contributed by atoms with Gasteiger partial charge in [0.05, 0.1) is 19.2 Å². The summed E-state index contributed by atoms with van der Waals surface area (Å²) in [7, 11) is 3.24. The lowest BCUT2D eigenvalue weighted by molar-refractivity contribution is 0.124. The molecule has 118 valence electrons. The fourth-order valence-corrected chi connectivity index (χ4v) is 3.35. The van der Waals surface area contributed by atoms with E-state index in [-0.39, 0.29) is 18.6 Å². The van der Waals surface area contributed by atoms with Crippen molar-refractivity contribution in [2.45, 2.75) is 25.8 Å². The van der Waals surface area contributed by atoms with Gasteiger partial charge >= 0.3 is 0 Å². The van der Waals surface area contributed by atoms with Crippen LogP contribution in [0, 0.1) is 5.92 Å². The van der Waals surface area contributed by atoms with Crippen molar-refractivity contribution in [3.05, 3.63) is 22.7 Å². The minimum absolute atomic E-state index is 0.107. The Labute approximate surface area is 131 Å². The summed E-state index contributed by atoms with van der Waals surface area (Å²) in [4.78, 5) is 2.40. The molecule has 5 heteroatoms. The van der Waals surface area contributed by atoms with Gasteiger partial charge in [0.25, 0.3) is 0 Å².